The first-order valence-corrected chi connectivity index (χ1v) is 11.2. The van der Waals surface area contributed by atoms with E-state index in [-0.39, 0.29) is 41.9 Å². The number of nitrogens with zero attached hydrogens (tertiary/aromatic N) is 4. The number of anilines is 1. The minimum absolute atomic E-state index is 0.0155. The highest BCUT2D eigenvalue weighted by Crippen LogP contribution is 2.34. The van der Waals surface area contributed by atoms with Crippen LogP contribution in [-0.2, 0) is 17.5 Å². The van der Waals surface area contributed by atoms with Crippen LogP contribution < -0.4 is 4.90 Å². The van der Waals surface area contributed by atoms with Gasteiger partial charge in [-0.1, -0.05) is 11.6 Å². The number of benzene rings is 1. The van der Waals surface area contributed by atoms with Crippen molar-refractivity contribution in [2.45, 2.75) is 77.5 Å². The zero-order chi connectivity index (χ0) is 24.3. The van der Waals surface area contributed by atoms with Crippen molar-refractivity contribution in [3.8, 4) is 0 Å². The quantitative estimate of drug-likeness (QED) is 0.525. The van der Waals surface area contributed by atoms with E-state index in [0.29, 0.717) is 24.4 Å². The first kappa shape index (κ1) is 25.1. The molecule has 6 nitrogen and oxygen atoms in total. The molecule has 0 bridgehead atoms. The molecule has 3 atom stereocenters. The van der Waals surface area contributed by atoms with E-state index in [2.05, 4.69) is 9.97 Å². The number of ether oxygens (including phenoxy) is 1. The second-order valence-electron chi connectivity index (χ2n) is 8.69. The summed E-state index contributed by atoms with van der Waals surface area (Å²) in [6, 6.07) is 4.84. The van der Waals surface area contributed by atoms with Gasteiger partial charge >= 0.3 is 12.3 Å². The summed E-state index contributed by atoms with van der Waals surface area (Å²) < 4.78 is 45.4. The van der Waals surface area contributed by atoms with Crippen LogP contribution in [0.2, 0.25) is 5.02 Å². The molecule has 2 unspecified atom stereocenters. The normalized spacial score (nSPS) is 21.2. The molecule has 0 spiro atoms. The number of likely N-dealkylation sites (tertiary alicyclic amines) is 1. The second-order valence-corrected chi connectivity index (χ2v) is 9.12. The monoisotopic (exact) mass is 484 g/mol. The molecule has 10 heteroatoms. The van der Waals surface area contributed by atoms with Gasteiger partial charge < -0.3 is 14.5 Å². The van der Waals surface area contributed by atoms with Gasteiger partial charge in [-0.2, -0.15) is 13.2 Å². The molecule has 0 radical (unpaired) electrons. The lowest BCUT2D eigenvalue weighted by molar-refractivity contribution is -0.137. The van der Waals surface area contributed by atoms with Crippen molar-refractivity contribution in [1.29, 1.82) is 0 Å². The van der Waals surface area contributed by atoms with E-state index in [9.17, 15) is 18.0 Å². The smallest absolute Gasteiger partial charge is 0.416 e. The van der Waals surface area contributed by atoms with Crippen molar-refractivity contribution in [3.05, 3.63) is 52.8 Å². The maximum absolute atomic E-state index is 13.3. The van der Waals surface area contributed by atoms with Crippen molar-refractivity contribution >= 4 is 23.6 Å². The predicted molar refractivity (Wildman–Crippen MR) is 120 cm³/mol. The highest BCUT2D eigenvalue weighted by atomic mass is 35.5. The Morgan fingerprint density at radius 3 is 2.33 bits per heavy atom. The largest absolute Gasteiger partial charge is 0.447 e. The number of hydrogen-bond donors (Lipinski definition) is 0. The molecule has 1 aliphatic heterocycles. The summed E-state index contributed by atoms with van der Waals surface area (Å²) in [7, 11) is 0. The average molecular weight is 485 g/mol. The third-order valence-corrected chi connectivity index (χ3v) is 5.83. The fraction of sp³-hybridized carbons (Fsp3) is 0.522. The number of amides is 1. The van der Waals surface area contributed by atoms with E-state index in [4.69, 9.17) is 16.3 Å². The molecule has 0 N–H and O–H groups in total. The molecule has 1 saturated heterocycles. The SMILES string of the molecule is CC(C)OC(=O)N1C(C)CC(N(Cc2cc(Cl)cc(C(F)(F)F)c2)c2ncccn2)C[C@H]1C. The number of alkyl halides is 3. The van der Waals surface area contributed by atoms with Gasteiger partial charge in [0.15, 0.2) is 0 Å². The maximum Gasteiger partial charge on any atom is 0.416 e. The van der Waals surface area contributed by atoms with Gasteiger partial charge in [0.1, 0.15) is 0 Å². The summed E-state index contributed by atoms with van der Waals surface area (Å²) >= 11 is 6.01. The molecule has 3 rings (SSSR count). The summed E-state index contributed by atoms with van der Waals surface area (Å²) in [5, 5.41) is 0.0155. The van der Waals surface area contributed by atoms with Crippen LogP contribution in [0.25, 0.3) is 0 Å². The lowest BCUT2D eigenvalue weighted by Crippen LogP contribution is -2.55. The number of halogens is 4. The molecule has 2 heterocycles. The summed E-state index contributed by atoms with van der Waals surface area (Å²) in [5.74, 6) is 0.411. The molecule has 1 amide bonds. The standard InChI is InChI=1S/C23H28ClF3N4O2/c1-14(2)33-22(32)31-15(3)8-20(9-16(31)4)30(21-28-6-5-7-29-21)13-17-10-18(23(25,26)27)12-19(24)11-17/h5-7,10-12,14-16,20H,8-9,13H2,1-4H3/t15-,16?,20?/m1/s1. The second kappa shape index (κ2) is 10.2. The Morgan fingerprint density at radius 2 is 1.79 bits per heavy atom. The molecule has 1 aromatic carbocycles. The Labute approximate surface area is 196 Å². The van der Waals surface area contributed by atoms with Gasteiger partial charge in [-0.05, 0) is 70.4 Å². The first-order valence-electron chi connectivity index (χ1n) is 10.8. The van der Waals surface area contributed by atoms with Crippen LogP contribution in [0, 0.1) is 0 Å². The third kappa shape index (κ3) is 6.28. The number of piperidine rings is 1. The number of aromatic nitrogens is 2. The Balaban J connectivity index is 1.89. The minimum atomic E-state index is -4.50. The first-order chi connectivity index (χ1) is 15.5. The van der Waals surface area contributed by atoms with Gasteiger partial charge in [0, 0.05) is 42.1 Å². The van der Waals surface area contributed by atoms with E-state index >= 15 is 0 Å². The summed E-state index contributed by atoms with van der Waals surface area (Å²) in [4.78, 5) is 24.9. The van der Waals surface area contributed by atoms with Crippen molar-refractivity contribution < 1.29 is 22.7 Å². The molecule has 1 aromatic heterocycles. The molecule has 33 heavy (non-hydrogen) atoms. The maximum atomic E-state index is 13.3. The van der Waals surface area contributed by atoms with Crippen molar-refractivity contribution in [1.82, 2.24) is 14.9 Å². The predicted octanol–water partition coefficient (Wildman–Crippen LogP) is 5.94. The lowest BCUT2D eigenvalue weighted by atomic mass is 9.91. The fourth-order valence-corrected chi connectivity index (χ4v) is 4.58. The van der Waals surface area contributed by atoms with Crippen molar-refractivity contribution in [2.75, 3.05) is 4.90 Å². The number of carbonyl (C=O) groups is 1. The van der Waals surface area contributed by atoms with Gasteiger partial charge in [-0.25, -0.2) is 14.8 Å². The molecule has 0 saturated carbocycles. The summed E-state index contributed by atoms with van der Waals surface area (Å²) in [6.07, 6.45) is -0.735. The molecule has 1 fully saturated rings. The van der Waals surface area contributed by atoms with Crippen LogP contribution in [0.15, 0.2) is 36.7 Å². The van der Waals surface area contributed by atoms with E-state index in [0.717, 1.165) is 12.1 Å². The van der Waals surface area contributed by atoms with E-state index < -0.39 is 11.7 Å². The van der Waals surface area contributed by atoms with E-state index in [1.54, 1.807) is 37.2 Å². The van der Waals surface area contributed by atoms with Crippen LogP contribution in [-0.4, -0.2) is 45.2 Å². The highest BCUT2D eigenvalue weighted by Gasteiger charge is 2.38. The van der Waals surface area contributed by atoms with Crippen LogP contribution >= 0.6 is 11.6 Å². The molecule has 0 aliphatic carbocycles. The van der Waals surface area contributed by atoms with Crippen molar-refractivity contribution in [2.24, 2.45) is 0 Å². The zero-order valence-corrected chi connectivity index (χ0v) is 19.8. The topological polar surface area (TPSA) is 58.6 Å². The van der Waals surface area contributed by atoms with Crippen LogP contribution in [0.1, 0.15) is 51.7 Å². The number of rotatable bonds is 5. The van der Waals surface area contributed by atoms with Gasteiger partial charge in [0.05, 0.1) is 11.7 Å². The van der Waals surface area contributed by atoms with Crippen LogP contribution in [0.4, 0.5) is 23.9 Å². The number of hydrogen-bond acceptors (Lipinski definition) is 5. The van der Waals surface area contributed by atoms with Crippen LogP contribution in [0.5, 0.6) is 0 Å². The highest BCUT2D eigenvalue weighted by molar-refractivity contribution is 6.30. The third-order valence-electron chi connectivity index (χ3n) is 5.61. The van der Waals surface area contributed by atoms with Gasteiger partial charge in [-0.3, -0.25) is 0 Å². The average Bonchev–Trinajstić information content (AvgIpc) is 2.70. The van der Waals surface area contributed by atoms with Gasteiger partial charge in [0.2, 0.25) is 5.95 Å². The number of carbonyl (C=O) groups excluding carboxylic acids is 1. The van der Waals surface area contributed by atoms with Gasteiger partial charge in [0.25, 0.3) is 0 Å². The molecular formula is C23H28ClF3N4O2. The molecular weight excluding hydrogens is 457 g/mol. The summed E-state index contributed by atoms with van der Waals surface area (Å²) in [5.41, 5.74) is -0.392. The fourth-order valence-electron chi connectivity index (χ4n) is 4.33. The molecule has 180 valence electrons. The van der Waals surface area contributed by atoms with Gasteiger partial charge in [-0.15, -0.1) is 0 Å². The lowest BCUT2D eigenvalue weighted by Gasteiger charge is -2.45. The Morgan fingerprint density at radius 1 is 1.18 bits per heavy atom. The van der Waals surface area contributed by atoms with Crippen LogP contribution in [0.3, 0.4) is 0 Å². The Bertz CT molecular complexity index is 946. The summed E-state index contributed by atoms with van der Waals surface area (Å²) in [6.45, 7) is 7.63. The van der Waals surface area contributed by atoms with Crippen molar-refractivity contribution in [3.63, 3.8) is 0 Å². The van der Waals surface area contributed by atoms with E-state index in [1.165, 1.54) is 6.07 Å². The molecule has 1 aliphatic rings. The van der Waals surface area contributed by atoms with E-state index in [1.807, 2.05) is 18.7 Å². The zero-order valence-electron chi connectivity index (χ0n) is 19.0. The Hall–Kier alpha value is -2.55. The molecule has 2 aromatic rings. The minimum Gasteiger partial charge on any atom is -0.447 e. The Kier molecular flexibility index (Phi) is 7.72.